The highest BCUT2D eigenvalue weighted by Gasteiger charge is 2.35. The van der Waals surface area contributed by atoms with E-state index < -0.39 is 11.4 Å². The van der Waals surface area contributed by atoms with Crippen LogP contribution >= 0.6 is 0 Å². The van der Waals surface area contributed by atoms with Crippen LogP contribution in [0.5, 0.6) is 0 Å². The molecule has 2 aliphatic rings. The van der Waals surface area contributed by atoms with E-state index in [0.29, 0.717) is 38.4 Å². The monoisotopic (exact) mass is 363 g/mol. The van der Waals surface area contributed by atoms with E-state index in [1.807, 2.05) is 12.1 Å². The van der Waals surface area contributed by atoms with Crippen LogP contribution in [-0.4, -0.2) is 35.8 Å². The number of hydrogen-bond donors (Lipinski definition) is 1. The van der Waals surface area contributed by atoms with Gasteiger partial charge >= 0.3 is 6.03 Å². The first-order chi connectivity index (χ1) is 13.1. The van der Waals surface area contributed by atoms with Crippen molar-refractivity contribution in [2.45, 2.75) is 31.1 Å². The molecule has 0 radical (unpaired) electrons. The summed E-state index contributed by atoms with van der Waals surface area (Å²) in [5.41, 5.74) is 8.67. The fourth-order valence-corrected chi connectivity index (χ4v) is 3.88. The Balaban J connectivity index is 1.71. The predicted octanol–water partition coefficient (Wildman–Crippen LogP) is 2.55. The Morgan fingerprint density at radius 3 is 2.74 bits per heavy atom. The number of pyridine rings is 2. The molecule has 0 saturated carbocycles. The van der Waals surface area contributed by atoms with Crippen molar-refractivity contribution < 1.29 is 9.53 Å². The zero-order chi connectivity index (χ0) is 18.9. The van der Waals surface area contributed by atoms with Gasteiger partial charge in [0, 0.05) is 49.5 Å². The number of rotatable bonds is 2. The van der Waals surface area contributed by atoms with Crippen LogP contribution in [0.4, 0.5) is 10.6 Å². The molecule has 7 heteroatoms. The zero-order valence-corrected chi connectivity index (χ0v) is 15.0. The molecule has 0 spiro atoms. The number of aromatic nitrogens is 2. The molecule has 0 aliphatic carbocycles. The lowest BCUT2D eigenvalue weighted by atomic mass is 9.76. The van der Waals surface area contributed by atoms with Crippen molar-refractivity contribution in [3.63, 3.8) is 0 Å². The molecule has 0 unspecified atom stereocenters. The molecule has 2 amide bonds. The lowest BCUT2D eigenvalue weighted by molar-refractivity contribution is 0.0674. The first-order valence-electron chi connectivity index (χ1n) is 9.14. The second-order valence-corrected chi connectivity index (χ2v) is 7.07. The highest BCUT2D eigenvalue weighted by atomic mass is 16.5. The first kappa shape index (κ1) is 17.4. The Morgan fingerprint density at radius 1 is 1.22 bits per heavy atom. The molecule has 4 heterocycles. The van der Waals surface area contributed by atoms with Gasteiger partial charge in [0.1, 0.15) is 5.82 Å². The van der Waals surface area contributed by atoms with E-state index in [0.717, 1.165) is 35.1 Å². The Bertz CT molecular complexity index is 915. The van der Waals surface area contributed by atoms with Crippen LogP contribution in [0, 0.1) is 11.3 Å². The van der Waals surface area contributed by atoms with Gasteiger partial charge in [0.2, 0.25) is 0 Å². The molecule has 1 fully saturated rings. The number of anilines is 1. The maximum absolute atomic E-state index is 11.6. The smallest absolute Gasteiger partial charge is 0.320 e. The average molecular weight is 363 g/mol. The predicted molar refractivity (Wildman–Crippen MR) is 100 cm³/mol. The average Bonchev–Trinajstić information content (AvgIpc) is 2.73. The van der Waals surface area contributed by atoms with Crippen LogP contribution in [0.3, 0.4) is 0 Å². The molecule has 2 aliphatic heterocycles. The summed E-state index contributed by atoms with van der Waals surface area (Å²) in [4.78, 5) is 22.0. The maximum Gasteiger partial charge on any atom is 0.320 e. The zero-order valence-electron chi connectivity index (χ0n) is 15.0. The Hall–Kier alpha value is -2.98. The van der Waals surface area contributed by atoms with Crippen LogP contribution in [0.15, 0.2) is 30.7 Å². The molecule has 2 aromatic heterocycles. The minimum Gasteiger partial charge on any atom is -0.381 e. The third-order valence-electron chi connectivity index (χ3n) is 5.48. The summed E-state index contributed by atoms with van der Waals surface area (Å²) in [6.45, 7) is 1.76. The Labute approximate surface area is 157 Å². The number of nitriles is 1. The molecule has 1 saturated heterocycles. The summed E-state index contributed by atoms with van der Waals surface area (Å²) < 4.78 is 5.43. The molecule has 4 rings (SSSR count). The number of nitrogens with two attached hydrogens (primary N) is 1. The third-order valence-corrected chi connectivity index (χ3v) is 5.48. The van der Waals surface area contributed by atoms with Gasteiger partial charge in [-0.05, 0) is 48.9 Å². The fourth-order valence-electron chi connectivity index (χ4n) is 3.88. The molecule has 138 valence electrons. The number of urea groups is 1. The van der Waals surface area contributed by atoms with E-state index >= 15 is 0 Å². The van der Waals surface area contributed by atoms with Crippen LogP contribution in [-0.2, 0) is 16.6 Å². The topological polar surface area (TPSA) is 105 Å². The van der Waals surface area contributed by atoms with E-state index in [9.17, 15) is 10.1 Å². The van der Waals surface area contributed by atoms with E-state index in [2.05, 4.69) is 16.0 Å². The maximum atomic E-state index is 11.6. The van der Waals surface area contributed by atoms with E-state index in [1.165, 1.54) is 4.90 Å². The number of nitrogens with zero attached hydrogens (tertiary/aromatic N) is 4. The number of carbonyl (C=O) groups is 1. The summed E-state index contributed by atoms with van der Waals surface area (Å²) >= 11 is 0. The number of ether oxygens (including phenoxy) is 1. The van der Waals surface area contributed by atoms with Crippen LogP contribution in [0.1, 0.15) is 30.4 Å². The highest BCUT2D eigenvalue weighted by molar-refractivity contribution is 5.91. The summed E-state index contributed by atoms with van der Waals surface area (Å²) in [5.74, 6) is 0.638. The summed E-state index contributed by atoms with van der Waals surface area (Å²) in [7, 11) is 0. The number of aryl methyl sites for hydroxylation is 1. The van der Waals surface area contributed by atoms with Crippen LogP contribution in [0.2, 0.25) is 0 Å². The third kappa shape index (κ3) is 3.13. The van der Waals surface area contributed by atoms with Crippen LogP contribution in [0.25, 0.3) is 11.1 Å². The standard InChI is InChI=1S/C20H21N5O2/c21-13-20(3-6-27-7-4-20)17-9-16(10-23-12-17)15-8-14-2-1-5-25(19(22)26)18(14)24-11-15/h8-12H,1-7H2,(H2,22,26). The van der Waals surface area contributed by atoms with Gasteiger partial charge in [0.25, 0.3) is 0 Å². The van der Waals surface area contributed by atoms with Crippen molar-refractivity contribution in [1.82, 2.24) is 9.97 Å². The Kier molecular flexibility index (Phi) is 4.50. The summed E-state index contributed by atoms with van der Waals surface area (Å²) in [5, 5.41) is 9.80. The van der Waals surface area contributed by atoms with Gasteiger partial charge in [-0.15, -0.1) is 0 Å². The molecule has 2 aromatic rings. The molecular formula is C20H21N5O2. The Morgan fingerprint density at radius 2 is 2.00 bits per heavy atom. The van der Waals surface area contributed by atoms with Crippen molar-refractivity contribution in [2.75, 3.05) is 24.7 Å². The highest BCUT2D eigenvalue weighted by Crippen LogP contribution is 2.36. The van der Waals surface area contributed by atoms with Crippen molar-refractivity contribution >= 4 is 11.8 Å². The SMILES string of the molecule is N#CC1(c2cncc(-c3cnc4c(c3)CCCN4C(N)=O)c2)CCOCC1. The lowest BCUT2D eigenvalue weighted by Gasteiger charge is -2.31. The molecule has 0 aromatic carbocycles. The van der Waals surface area contributed by atoms with Gasteiger partial charge in [-0.1, -0.05) is 0 Å². The quantitative estimate of drug-likeness (QED) is 0.883. The molecule has 0 bridgehead atoms. The molecule has 27 heavy (non-hydrogen) atoms. The van der Waals surface area contributed by atoms with Crippen molar-refractivity contribution in [3.8, 4) is 17.2 Å². The molecule has 0 atom stereocenters. The van der Waals surface area contributed by atoms with Crippen molar-refractivity contribution in [2.24, 2.45) is 5.73 Å². The van der Waals surface area contributed by atoms with Gasteiger partial charge in [0.05, 0.1) is 11.5 Å². The van der Waals surface area contributed by atoms with Gasteiger partial charge in [-0.3, -0.25) is 9.88 Å². The number of hydrogen-bond acceptors (Lipinski definition) is 5. The number of fused-ring (bicyclic) bond motifs is 1. The van der Waals surface area contributed by atoms with Crippen LogP contribution < -0.4 is 10.6 Å². The minimum atomic E-state index is -0.550. The number of carbonyl (C=O) groups excluding carboxylic acids is 1. The van der Waals surface area contributed by atoms with Gasteiger partial charge in [-0.2, -0.15) is 5.26 Å². The second kappa shape index (κ2) is 6.97. The molecule has 7 nitrogen and oxygen atoms in total. The van der Waals surface area contributed by atoms with Crippen molar-refractivity contribution in [1.29, 1.82) is 5.26 Å². The minimum absolute atomic E-state index is 0.477. The van der Waals surface area contributed by atoms with E-state index in [-0.39, 0.29) is 0 Å². The van der Waals surface area contributed by atoms with Gasteiger partial charge in [-0.25, -0.2) is 9.78 Å². The molecule has 2 N–H and O–H groups in total. The fraction of sp³-hybridized carbons (Fsp3) is 0.400. The first-order valence-corrected chi connectivity index (χ1v) is 9.14. The summed E-state index contributed by atoms with van der Waals surface area (Å²) in [6.07, 6.45) is 8.35. The number of primary amides is 1. The largest absolute Gasteiger partial charge is 0.381 e. The summed E-state index contributed by atoms with van der Waals surface area (Å²) in [6, 6.07) is 6.08. The van der Waals surface area contributed by atoms with E-state index in [4.69, 9.17) is 10.5 Å². The van der Waals surface area contributed by atoms with Gasteiger partial charge < -0.3 is 10.5 Å². The number of amides is 2. The van der Waals surface area contributed by atoms with Gasteiger partial charge in [0.15, 0.2) is 0 Å². The second-order valence-electron chi connectivity index (χ2n) is 7.07. The van der Waals surface area contributed by atoms with E-state index in [1.54, 1.807) is 18.6 Å². The van der Waals surface area contributed by atoms with Crippen molar-refractivity contribution in [3.05, 3.63) is 41.9 Å². The normalized spacial score (nSPS) is 18.4. The molecular weight excluding hydrogens is 342 g/mol. The lowest BCUT2D eigenvalue weighted by Crippen LogP contribution is -2.40.